The topological polar surface area (TPSA) is 72.4 Å². The van der Waals surface area contributed by atoms with Gasteiger partial charge < -0.3 is 16.4 Å². The number of rotatable bonds is 0. The number of hydrogen-bond donors (Lipinski definition) is 2. The third-order valence-corrected chi connectivity index (χ3v) is 1.77. The van der Waals surface area contributed by atoms with Crippen molar-refractivity contribution in [2.75, 3.05) is 13.1 Å². The lowest BCUT2D eigenvalue weighted by molar-refractivity contribution is 0.189. The van der Waals surface area contributed by atoms with Crippen LogP contribution in [-0.4, -0.2) is 30.1 Å². The molecular formula is C6H13N3O. The van der Waals surface area contributed by atoms with E-state index in [1.165, 1.54) is 0 Å². The fourth-order valence-corrected chi connectivity index (χ4v) is 1.21. The summed E-state index contributed by atoms with van der Waals surface area (Å²) in [4.78, 5) is 12.2. The van der Waals surface area contributed by atoms with Crippen LogP contribution in [0.25, 0.3) is 0 Å². The highest BCUT2D eigenvalue weighted by atomic mass is 16.2. The first-order valence-electron chi connectivity index (χ1n) is 3.50. The molecule has 1 atom stereocenters. The number of likely N-dealkylation sites (tertiary alicyclic amines) is 1. The van der Waals surface area contributed by atoms with Gasteiger partial charge in [0.1, 0.15) is 0 Å². The Kier molecular flexibility index (Phi) is 2.11. The van der Waals surface area contributed by atoms with Gasteiger partial charge in [0.25, 0.3) is 0 Å². The van der Waals surface area contributed by atoms with Crippen LogP contribution in [0.2, 0.25) is 0 Å². The van der Waals surface area contributed by atoms with Crippen molar-refractivity contribution < 1.29 is 4.79 Å². The van der Waals surface area contributed by atoms with Gasteiger partial charge in [0, 0.05) is 19.1 Å². The van der Waals surface area contributed by atoms with Crippen molar-refractivity contribution in [3.63, 3.8) is 0 Å². The van der Waals surface area contributed by atoms with Crippen molar-refractivity contribution >= 4 is 6.03 Å². The molecule has 0 saturated carbocycles. The molecule has 0 aliphatic carbocycles. The average molecular weight is 143 g/mol. The molecule has 0 aromatic rings. The Hall–Kier alpha value is -0.770. The molecule has 0 spiro atoms. The number of nitrogens with two attached hydrogens (primary N) is 2. The number of amides is 2. The number of carbonyl (C=O) groups is 1. The second kappa shape index (κ2) is 2.88. The molecule has 0 bridgehead atoms. The predicted molar refractivity (Wildman–Crippen MR) is 38.4 cm³/mol. The average Bonchev–Trinajstić information content (AvgIpc) is 1.88. The van der Waals surface area contributed by atoms with Crippen LogP contribution in [-0.2, 0) is 0 Å². The fourth-order valence-electron chi connectivity index (χ4n) is 1.21. The van der Waals surface area contributed by atoms with Crippen molar-refractivity contribution in [2.24, 2.45) is 11.5 Å². The molecule has 1 rings (SSSR count). The van der Waals surface area contributed by atoms with Gasteiger partial charge in [0.2, 0.25) is 0 Å². The summed E-state index contributed by atoms with van der Waals surface area (Å²) in [6.07, 6.45) is 1.98. The van der Waals surface area contributed by atoms with Crippen LogP contribution in [0.4, 0.5) is 4.79 Å². The minimum absolute atomic E-state index is 0.126. The molecule has 4 heteroatoms. The van der Waals surface area contributed by atoms with Crippen LogP contribution < -0.4 is 11.5 Å². The van der Waals surface area contributed by atoms with E-state index in [1.807, 2.05) is 0 Å². The van der Waals surface area contributed by atoms with Crippen LogP contribution >= 0.6 is 0 Å². The zero-order valence-corrected chi connectivity index (χ0v) is 5.92. The molecule has 4 nitrogen and oxygen atoms in total. The molecule has 1 fully saturated rings. The van der Waals surface area contributed by atoms with Crippen molar-refractivity contribution in [1.29, 1.82) is 0 Å². The lowest BCUT2D eigenvalue weighted by Gasteiger charge is -2.28. The number of carbonyl (C=O) groups excluding carboxylic acids is 1. The summed E-state index contributed by atoms with van der Waals surface area (Å²) < 4.78 is 0. The number of nitrogens with zero attached hydrogens (tertiary/aromatic N) is 1. The van der Waals surface area contributed by atoms with Gasteiger partial charge in [-0.2, -0.15) is 0 Å². The maximum absolute atomic E-state index is 10.6. The number of urea groups is 1. The summed E-state index contributed by atoms with van der Waals surface area (Å²) in [5.41, 5.74) is 10.7. The maximum atomic E-state index is 10.6. The molecule has 4 N–H and O–H groups in total. The predicted octanol–water partition coefficient (Wildman–Crippen LogP) is -0.512. The van der Waals surface area contributed by atoms with E-state index < -0.39 is 0 Å². The normalized spacial score (nSPS) is 26.5. The molecule has 58 valence electrons. The van der Waals surface area contributed by atoms with Gasteiger partial charge >= 0.3 is 6.03 Å². The number of primary amides is 1. The van der Waals surface area contributed by atoms with Gasteiger partial charge in [-0.3, -0.25) is 0 Å². The summed E-state index contributed by atoms with van der Waals surface area (Å²) in [5.74, 6) is 0. The summed E-state index contributed by atoms with van der Waals surface area (Å²) in [6.45, 7) is 1.39. The van der Waals surface area contributed by atoms with Gasteiger partial charge in [-0.15, -0.1) is 0 Å². The Morgan fingerprint density at radius 2 is 2.30 bits per heavy atom. The van der Waals surface area contributed by atoms with E-state index in [4.69, 9.17) is 11.5 Å². The quantitative estimate of drug-likeness (QED) is 0.479. The van der Waals surface area contributed by atoms with Gasteiger partial charge in [-0.1, -0.05) is 0 Å². The first-order chi connectivity index (χ1) is 4.70. The molecule has 0 aromatic heterocycles. The van der Waals surface area contributed by atoms with E-state index in [-0.39, 0.29) is 12.1 Å². The Morgan fingerprint density at radius 1 is 1.60 bits per heavy atom. The van der Waals surface area contributed by atoms with E-state index in [1.54, 1.807) is 4.90 Å². The van der Waals surface area contributed by atoms with Crippen molar-refractivity contribution in [3.8, 4) is 0 Å². The van der Waals surface area contributed by atoms with Crippen LogP contribution in [0.5, 0.6) is 0 Å². The second-order valence-electron chi connectivity index (χ2n) is 2.69. The maximum Gasteiger partial charge on any atom is 0.314 e. The van der Waals surface area contributed by atoms with E-state index >= 15 is 0 Å². The van der Waals surface area contributed by atoms with Crippen LogP contribution in [0, 0.1) is 0 Å². The molecule has 1 heterocycles. The van der Waals surface area contributed by atoms with Crippen molar-refractivity contribution in [1.82, 2.24) is 4.90 Å². The first-order valence-corrected chi connectivity index (χ1v) is 3.50. The van der Waals surface area contributed by atoms with Crippen LogP contribution in [0.1, 0.15) is 12.8 Å². The van der Waals surface area contributed by atoms with E-state index in [2.05, 4.69) is 0 Å². The third-order valence-electron chi connectivity index (χ3n) is 1.77. The van der Waals surface area contributed by atoms with E-state index in [9.17, 15) is 4.79 Å². The molecule has 1 aliphatic heterocycles. The van der Waals surface area contributed by atoms with Crippen molar-refractivity contribution in [3.05, 3.63) is 0 Å². The molecule has 0 radical (unpaired) electrons. The molecule has 1 aliphatic rings. The smallest absolute Gasteiger partial charge is 0.314 e. The van der Waals surface area contributed by atoms with Gasteiger partial charge in [0.15, 0.2) is 0 Å². The second-order valence-corrected chi connectivity index (χ2v) is 2.69. The lowest BCUT2D eigenvalue weighted by Crippen LogP contribution is -2.47. The SMILES string of the molecule is NC(=O)N1CCCC(N)C1. The zero-order valence-electron chi connectivity index (χ0n) is 5.92. The Labute approximate surface area is 60.2 Å². The number of piperidine rings is 1. The molecule has 10 heavy (non-hydrogen) atoms. The van der Waals surface area contributed by atoms with Gasteiger partial charge in [-0.25, -0.2) is 4.79 Å². The molecule has 1 unspecified atom stereocenters. The Bertz CT molecular complexity index is 137. The summed E-state index contributed by atoms with van der Waals surface area (Å²) in [6, 6.07) is -0.226. The minimum atomic E-state index is -0.352. The molecule has 2 amide bonds. The highest BCUT2D eigenvalue weighted by molar-refractivity contribution is 5.72. The highest BCUT2D eigenvalue weighted by Crippen LogP contribution is 2.06. The van der Waals surface area contributed by atoms with E-state index in [0.29, 0.717) is 6.54 Å². The molecule has 1 saturated heterocycles. The Morgan fingerprint density at radius 3 is 2.70 bits per heavy atom. The third kappa shape index (κ3) is 1.60. The first kappa shape index (κ1) is 7.34. The van der Waals surface area contributed by atoms with E-state index in [0.717, 1.165) is 19.4 Å². The summed E-state index contributed by atoms with van der Waals surface area (Å²) in [7, 11) is 0. The molecule has 0 aromatic carbocycles. The largest absolute Gasteiger partial charge is 0.351 e. The minimum Gasteiger partial charge on any atom is -0.351 e. The zero-order chi connectivity index (χ0) is 7.56. The van der Waals surface area contributed by atoms with Gasteiger partial charge in [-0.05, 0) is 12.8 Å². The Balaban J connectivity index is 2.39. The number of hydrogen-bond acceptors (Lipinski definition) is 2. The fraction of sp³-hybridized carbons (Fsp3) is 0.833. The lowest BCUT2D eigenvalue weighted by atomic mass is 10.1. The standard InChI is InChI=1S/C6H13N3O/c7-5-2-1-3-9(4-5)6(8)10/h5H,1-4,7H2,(H2,8,10). The van der Waals surface area contributed by atoms with Gasteiger partial charge in [0.05, 0.1) is 0 Å². The van der Waals surface area contributed by atoms with Crippen LogP contribution in [0.15, 0.2) is 0 Å². The summed E-state index contributed by atoms with van der Waals surface area (Å²) >= 11 is 0. The van der Waals surface area contributed by atoms with Crippen molar-refractivity contribution in [2.45, 2.75) is 18.9 Å². The monoisotopic (exact) mass is 143 g/mol. The summed E-state index contributed by atoms with van der Waals surface area (Å²) in [5, 5.41) is 0. The van der Waals surface area contributed by atoms with Crippen LogP contribution in [0.3, 0.4) is 0 Å². The highest BCUT2D eigenvalue weighted by Gasteiger charge is 2.18. The molecular weight excluding hydrogens is 130 g/mol.